The molecule has 4 nitrogen and oxygen atoms in total. The van der Waals surface area contributed by atoms with E-state index in [1.807, 2.05) is 20.8 Å². The minimum absolute atomic E-state index is 0.159. The largest absolute Gasteiger partial charge is 0.398 e. The first kappa shape index (κ1) is 14.0. The number of benzene rings is 1. The fourth-order valence-electron chi connectivity index (χ4n) is 1.39. The van der Waals surface area contributed by atoms with Crippen molar-refractivity contribution < 1.29 is 8.42 Å². The quantitative estimate of drug-likeness (QED) is 0.790. The molecule has 1 aromatic carbocycles. The molecule has 1 aromatic rings. The molecule has 0 spiro atoms. The standard InChI is InChI=1S/C12H20N2O2S/c1-4-9(2)8-14-17(15,16)12-6-5-10(3)7-11(12)13/h5-7,9,14H,4,8,13H2,1-3H3. The predicted octanol–water partition coefficient (Wildman–Crippen LogP) is 1.90. The van der Waals surface area contributed by atoms with Crippen molar-refractivity contribution in [2.75, 3.05) is 12.3 Å². The van der Waals surface area contributed by atoms with Gasteiger partial charge in [0.05, 0.1) is 5.69 Å². The summed E-state index contributed by atoms with van der Waals surface area (Å²) in [5, 5.41) is 0. The lowest BCUT2D eigenvalue weighted by Crippen LogP contribution is -2.28. The van der Waals surface area contributed by atoms with Gasteiger partial charge in [0.15, 0.2) is 0 Å². The normalized spacial score (nSPS) is 13.6. The molecule has 0 fully saturated rings. The van der Waals surface area contributed by atoms with Crippen molar-refractivity contribution in [1.82, 2.24) is 4.72 Å². The average Bonchev–Trinajstić information content (AvgIpc) is 2.25. The Labute approximate surface area is 103 Å². The first-order valence-corrected chi connectivity index (χ1v) is 7.21. The van der Waals surface area contributed by atoms with Crippen LogP contribution < -0.4 is 10.5 Å². The smallest absolute Gasteiger partial charge is 0.242 e. The second kappa shape index (κ2) is 5.51. The molecule has 0 amide bonds. The van der Waals surface area contributed by atoms with Crippen LogP contribution in [0.5, 0.6) is 0 Å². The van der Waals surface area contributed by atoms with Crippen LogP contribution in [0, 0.1) is 12.8 Å². The first-order chi connectivity index (χ1) is 7.86. The van der Waals surface area contributed by atoms with Gasteiger partial charge in [-0.25, -0.2) is 13.1 Å². The van der Waals surface area contributed by atoms with Gasteiger partial charge >= 0.3 is 0 Å². The fraction of sp³-hybridized carbons (Fsp3) is 0.500. The Bertz CT molecular complexity index is 483. The van der Waals surface area contributed by atoms with Gasteiger partial charge < -0.3 is 5.73 Å². The summed E-state index contributed by atoms with van der Waals surface area (Å²) >= 11 is 0. The fourth-order valence-corrected chi connectivity index (χ4v) is 2.66. The topological polar surface area (TPSA) is 72.2 Å². The highest BCUT2D eigenvalue weighted by Crippen LogP contribution is 2.19. The third-order valence-corrected chi connectivity index (χ3v) is 4.27. The van der Waals surface area contributed by atoms with Crippen molar-refractivity contribution in [2.45, 2.75) is 32.1 Å². The van der Waals surface area contributed by atoms with Crippen molar-refractivity contribution in [2.24, 2.45) is 5.92 Å². The van der Waals surface area contributed by atoms with Gasteiger partial charge in [-0.2, -0.15) is 0 Å². The summed E-state index contributed by atoms with van der Waals surface area (Å²) in [6.45, 7) is 6.34. The molecule has 0 radical (unpaired) electrons. The SMILES string of the molecule is CCC(C)CNS(=O)(=O)c1ccc(C)cc1N. The van der Waals surface area contributed by atoms with E-state index < -0.39 is 10.0 Å². The van der Waals surface area contributed by atoms with E-state index in [-0.39, 0.29) is 4.90 Å². The summed E-state index contributed by atoms with van der Waals surface area (Å²) in [7, 11) is -3.49. The maximum absolute atomic E-state index is 12.0. The number of hydrogen-bond donors (Lipinski definition) is 2. The molecular formula is C12H20N2O2S. The predicted molar refractivity (Wildman–Crippen MR) is 70.2 cm³/mol. The molecule has 0 saturated heterocycles. The summed E-state index contributed by atoms with van der Waals surface area (Å²) in [6.07, 6.45) is 0.936. The van der Waals surface area contributed by atoms with Crippen LogP contribution in [0.4, 0.5) is 5.69 Å². The van der Waals surface area contributed by atoms with Crippen LogP contribution in [0.15, 0.2) is 23.1 Å². The van der Waals surface area contributed by atoms with E-state index in [0.29, 0.717) is 18.2 Å². The number of nitrogens with one attached hydrogen (secondary N) is 1. The molecule has 96 valence electrons. The van der Waals surface area contributed by atoms with E-state index in [2.05, 4.69) is 4.72 Å². The van der Waals surface area contributed by atoms with Crippen LogP contribution in [0.3, 0.4) is 0 Å². The van der Waals surface area contributed by atoms with E-state index in [1.54, 1.807) is 18.2 Å². The molecule has 1 rings (SSSR count). The molecular weight excluding hydrogens is 236 g/mol. The van der Waals surface area contributed by atoms with Gasteiger partial charge in [-0.3, -0.25) is 0 Å². The Hall–Kier alpha value is -1.07. The Morgan fingerprint density at radius 3 is 2.59 bits per heavy atom. The second-order valence-electron chi connectivity index (χ2n) is 4.41. The average molecular weight is 256 g/mol. The van der Waals surface area contributed by atoms with Crippen LogP contribution in [-0.4, -0.2) is 15.0 Å². The Morgan fingerprint density at radius 2 is 2.06 bits per heavy atom. The third kappa shape index (κ3) is 3.71. The molecule has 0 bridgehead atoms. The minimum atomic E-state index is -3.49. The van der Waals surface area contributed by atoms with Gasteiger partial charge in [-0.05, 0) is 30.5 Å². The molecule has 0 heterocycles. The summed E-state index contributed by atoms with van der Waals surface area (Å²) in [5.74, 6) is 0.316. The van der Waals surface area contributed by atoms with Gasteiger partial charge in [0.2, 0.25) is 10.0 Å². The summed E-state index contributed by atoms with van der Waals surface area (Å²) in [6, 6.07) is 4.95. The zero-order valence-electron chi connectivity index (χ0n) is 10.5. The van der Waals surface area contributed by atoms with Gasteiger partial charge in [0, 0.05) is 6.54 Å². The van der Waals surface area contributed by atoms with Crippen LogP contribution >= 0.6 is 0 Å². The number of nitrogens with two attached hydrogens (primary N) is 1. The number of anilines is 1. The van der Waals surface area contributed by atoms with E-state index in [4.69, 9.17) is 5.73 Å². The van der Waals surface area contributed by atoms with E-state index >= 15 is 0 Å². The third-order valence-electron chi connectivity index (χ3n) is 2.77. The molecule has 3 N–H and O–H groups in total. The van der Waals surface area contributed by atoms with Crippen LogP contribution in [-0.2, 0) is 10.0 Å². The number of sulfonamides is 1. The van der Waals surface area contributed by atoms with Crippen molar-refractivity contribution >= 4 is 15.7 Å². The van der Waals surface area contributed by atoms with E-state index in [9.17, 15) is 8.42 Å². The number of nitrogen functional groups attached to an aromatic ring is 1. The van der Waals surface area contributed by atoms with Crippen LogP contribution in [0.1, 0.15) is 25.8 Å². The molecule has 5 heteroatoms. The Kier molecular flexibility index (Phi) is 4.54. The highest BCUT2D eigenvalue weighted by Gasteiger charge is 2.17. The molecule has 17 heavy (non-hydrogen) atoms. The van der Waals surface area contributed by atoms with Gasteiger partial charge in [0.1, 0.15) is 4.90 Å². The highest BCUT2D eigenvalue weighted by atomic mass is 32.2. The number of hydrogen-bond acceptors (Lipinski definition) is 3. The molecule has 1 atom stereocenters. The molecule has 0 aliphatic rings. The maximum atomic E-state index is 12.0. The summed E-state index contributed by atoms with van der Waals surface area (Å²) in [5.41, 5.74) is 6.97. The zero-order chi connectivity index (χ0) is 13.1. The minimum Gasteiger partial charge on any atom is -0.398 e. The van der Waals surface area contributed by atoms with Gasteiger partial charge in [-0.1, -0.05) is 26.3 Å². The number of aryl methyl sites for hydroxylation is 1. The zero-order valence-corrected chi connectivity index (χ0v) is 11.3. The van der Waals surface area contributed by atoms with Crippen LogP contribution in [0.25, 0.3) is 0 Å². The Morgan fingerprint density at radius 1 is 1.41 bits per heavy atom. The molecule has 0 aliphatic heterocycles. The maximum Gasteiger partial charge on any atom is 0.242 e. The first-order valence-electron chi connectivity index (χ1n) is 5.72. The monoisotopic (exact) mass is 256 g/mol. The molecule has 0 aliphatic carbocycles. The van der Waals surface area contributed by atoms with Crippen molar-refractivity contribution in [1.29, 1.82) is 0 Å². The summed E-state index contributed by atoms with van der Waals surface area (Å²) < 4.78 is 26.6. The van der Waals surface area contributed by atoms with Crippen molar-refractivity contribution in [3.63, 3.8) is 0 Å². The number of rotatable bonds is 5. The molecule has 0 saturated carbocycles. The lowest BCUT2D eigenvalue weighted by atomic mass is 10.1. The van der Waals surface area contributed by atoms with E-state index in [0.717, 1.165) is 12.0 Å². The summed E-state index contributed by atoms with van der Waals surface area (Å²) in [4.78, 5) is 0.159. The lowest BCUT2D eigenvalue weighted by molar-refractivity contribution is 0.528. The highest BCUT2D eigenvalue weighted by molar-refractivity contribution is 7.89. The van der Waals surface area contributed by atoms with E-state index in [1.165, 1.54) is 0 Å². The van der Waals surface area contributed by atoms with Crippen LogP contribution in [0.2, 0.25) is 0 Å². The van der Waals surface area contributed by atoms with Crippen molar-refractivity contribution in [3.8, 4) is 0 Å². The molecule has 0 aromatic heterocycles. The second-order valence-corrected chi connectivity index (χ2v) is 6.14. The van der Waals surface area contributed by atoms with Gasteiger partial charge in [-0.15, -0.1) is 0 Å². The molecule has 1 unspecified atom stereocenters. The Balaban J connectivity index is 2.90. The van der Waals surface area contributed by atoms with Crippen molar-refractivity contribution in [3.05, 3.63) is 23.8 Å². The lowest BCUT2D eigenvalue weighted by Gasteiger charge is -2.12. The van der Waals surface area contributed by atoms with Gasteiger partial charge in [0.25, 0.3) is 0 Å².